The maximum atomic E-state index is 11.6. The number of ether oxygens (including phenoxy) is 1. The molecule has 0 heterocycles. The summed E-state index contributed by atoms with van der Waals surface area (Å²) in [4.78, 5) is 34.2. The summed E-state index contributed by atoms with van der Waals surface area (Å²) >= 11 is 0. The molecule has 0 aromatic carbocycles. The van der Waals surface area contributed by atoms with Crippen molar-refractivity contribution in [1.29, 1.82) is 0 Å². The summed E-state index contributed by atoms with van der Waals surface area (Å²) in [5, 5.41) is 14.1. The maximum Gasteiger partial charge on any atom is 0.328 e. The van der Waals surface area contributed by atoms with Crippen molar-refractivity contribution in [3.63, 3.8) is 0 Å². The van der Waals surface area contributed by atoms with Gasteiger partial charge in [-0.2, -0.15) is 0 Å². The molecule has 116 valence electrons. The Balaban J connectivity index is 4.41. The molecule has 0 rings (SSSR count). The number of hydrogen-bond donors (Lipinski definition) is 3. The number of carbonyl (C=O) groups is 3. The van der Waals surface area contributed by atoms with Gasteiger partial charge in [-0.05, 0) is 26.7 Å². The molecule has 0 aliphatic rings. The molecule has 1 unspecified atom stereocenters. The molecule has 2 amide bonds. The Morgan fingerprint density at radius 1 is 1.20 bits per heavy atom. The average Bonchev–Trinajstić information content (AvgIpc) is 2.40. The first-order valence-electron chi connectivity index (χ1n) is 6.77. The topological polar surface area (TPSA) is 105 Å². The van der Waals surface area contributed by atoms with Gasteiger partial charge < -0.3 is 20.5 Å². The number of hydrogen-bond acceptors (Lipinski definition) is 4. The normalized spacial score (nSPS) is 12.4. The summed E-state index contributed by atoms with van der Waals surface area (Å²) in [7, 11) is 0. The summed E-state index contributed by atoms with van der Waals surface area (Å²) < 4.78 is 4.75. The van der Waals surface area contributed by atoms with Crippen molar-refractivity contribution >= 4 is 18.0 Å². The molecule has 7 nitrogen and oxygen atoms in total. The van der Waals surface area contributed by atoms with Crippen molar-refractivity contribution in [2.75, 3.05) is 13.2 Å². The molecule has 0 aliphatic carbocycles. The maximum absolute atomic E-state index is 11.6. The first-order valence-corrected chi connectivity index (χ1v) is 6.77. The Hall–Kier alpha value is -1.79. The van der Waals surface area contributed by atoms with Gasteiger partial charge in [-0.3, -0.25) is 4.79 Å². The second-order valence-corrected chi connectivity index (χ2v) is 4.59. The number of aliphatic carboxylic acids is 1. The zero-order chi connectivity index (χ0) is 15.8. The van der Waals surface area contributed by atoms with E-state index in [0.717, 1.165) is 0 Å². The molecule has 0 aromatic heterocycles. The minimum atomic E-state index is -0.982. The van der Waals surface area contributed by atoms with Gasteiger partial charge >= 0.3 is 18.0 Å². The summed E-state index contributed by atoms with van der Waals surface area (Å²) in [6, 6.07) is -1.37. The summed E-state index contributed by atoms with van der Waals surface area (Å²) in [5.41, 5.74) is -0.982. The number of carbonyl (C=O) groups excluding carboxylic acids is 2. The first kappa shape index (κ1) is 18.2. The summed E-state index contributed by atoms with van der Waals surface area (Å²) in [6.07, 6.45) is 0.819. The third-order valence-corrected chi connectivity index (χ3v) is 3.38. The number of carboxylic acids is 1. The lowest BCUT2D eigenvalue weighted by atomic mass is 9.82. The Labute approximate surface area is 119 Å². The molecule has 0 saturated carbocycles. The number of carboxylic acid groups (broad SMARTS) is 1. The van der Waals surface area contributed by atoms with E-state index in [2.05, 4.69) is 10.6 Å². The number of rotatable bonds is 8. The van der Waals surface area contributed by atoms with Gasteiger partial charge in [0.05, 0.1) is 12.0 Å². The van der Waals surface area contributed by atoms with Crippen molar-refractivity contribution in [3.8, 4) is 0 Å². The van der Waals surface area contributed by atoms with Gasteiger partial charge in [0.15, 0.2) is 0 Å². The fourth-order valence-corrected chi connectivity index (χ4v) is 1.70. The smallest absolute Gasteiger partial charge is 0.328 e. The van der Waals surface area contributed by atoms with Crippen LogP contribution in [0.4, 0.5) is 4.79 Å². The van der Waals surface area contributed by atoms with Crippen molar-refractivity contribution in [3.05, 3.63) is 0 Å². The third kappa shape index (κ3) is 5.07. The molecule has 0 spiro atoms. The standard InChI is InChI=1S/C13H24N2O5/c1-5-13(6-2,11(17)18)8-14-12(19)15-9(4)10(16)20-7-3/h9H,5-8H2,1-4H3,(H,17,18)(H2,14,15,19). The van der Waals surface area contributed by atoms with E-state index in [1.165, 1.54) is 6.92 Å². The lowest BCUT2D eigenvalue weighted by Gasteiger charge is -2.27. The summed E-state index contributed by atoms with van der Waals surface area (Å²) in [6.45, 7) is 6.95. The zero-order valence-electron chi connectivity index (χ0n) is 12.5. The zero-order valence-corrected chi connectivity index (χ0v) is 12.5. The van der Waals surface area contributed by atoms with E-state index in [9.17, 15) is 19.5 Å². The predicted octanol–water partition coefficient (Wildman–Crippen LogP) is 1.13. The Kier molecular flexibility index (Phi) is 7.64. The van der Waals surface area contributed by atoms with Gasteiger partial charge in [0.25, 0.3) is 0 Å². The Bertz CT molecular complexity index is 353. The first-order chi connectivity index (χ1) is 9.32. The van der Waals surface area contributed by atoms with Gasteiger partial charge in [0.2, 0.25) is 0 Å². The monoisotopic (exact) mass is 288 g/mol. The molecule has 1 atom stereocenters. The number of esters is 1. The SMILES string of the molecule is CCOC(=O)C(C)NC(=O)NCC(CC)(CC)C(=O)O. The van der Waals surface area contributed by atoms with Gasteiger partial charge in [0.1, 0.15) is 6.04 Å². The van der Waals surface area contributed by atoms with Crippen LogP contribution in [0.5, 0.6) is 0 Å². The highest BCUT2D eigenvalue weighted by molar-refractivity contribution is 5.83. The van der Waals surface area contributed by atoms with E-state index in [-0.39, 0.29) is 13.2 Å². The minimum Gasteiger partial charge on any atom is -0.481 e. The lowest BCUT2D eigenvalue weighted by Crippen LogP contribution is -2.49. The molecular weight excluding hydrogens is 264 g/mol. The third-order valence-electron chi connectivity index (χ3n) is 3.38. The highest BCUT2D eigenvalue weighted by Crippen LogP contribution is 2.25. The van der Waals surface area contributed by atoms with Crippen LogP contribution in [0.25, 0.3) is 0 Å². The molecule has 0 bridgehead atoms. The van der Waals surface area contributed by atoms with Crippen LogP contribution in [0.15, 0.2) is 0 Å². The fraction of sp³-hybridized carbons (Fsp3) is 0.769. The van der Waals surface area contributed by atoms with Gasteiger partial charge in [-0.1, -0.05) is 13.8 Å². The van der Waals surface area contributed by atoms with Crippen LogP contribution in [0.1, 0.15) is 40.5 Å². The largest absolute Gasteiger partial charge is 0.481 e. The van der Waals surface area contributed by atoms with Gasteiger partial charge in [-0.15, -0.1) is 0 Å². The highest BCUT2D eigenvalue weighted by atomic mass is 16.5. The van der Waals surface area contributed by atoms with E-state index in [0.29, 0.717) is 12.8 Å². The number of urea groups is 1. The molecule has 7 heteroatoms. The molecule has 0 fully saturated rings. The van der Waals surface area contributed by atoms with Gasteiger partial charge in [-0.25, -0.2) is 9.59 Å². The molecule has 0 aromatic rings. The summed E-state index contributed by atoms with van der Waals surface area (Å²) in [5.74, 6) is -1.47. The Morgan fingerprint density at radius 2 is 1.75 bits per heavy atom. The van der Waals surface area contributed by atoms with Crippen LogP contribution < -0.4 is 10.6 Å². The molecule has 20 heavy (non-hydrogen) atoms. The van der Waals surface area contributed by atoms with Crippen molar-refractivity contribution < 1.29 is 24.2 Å². The average molecular weight is 288 g/mol. The van der Waals surface area contributed by atoms with Crippen molar-refractivity contribution in [2.45, 2.75) is 46.6 Å². The van der Waals surface area contributed by atoms with E-state index in [1.807, 2.05) is 0 Å². The minimum absolute atomic E-state index is 0.0106. The Morgan fingerprint density at radius 3 is 2.15 bits per heavy atom. The molecule has 0 aliphatic heterocycles. The van der Waals surface area contributed by atoms with Crippen LogP contribution in [-0.2, 0) is 14.3 Å². The second kappa shape index (κ2) is 8.39. The van der Waals surface area contributed by atoms with Crippen LogP contribution in [0.3, 0.4) is 0 Å². The fourth-order valence-electron chi connectivity index (χ4n) is 1.70. The van der Waals surface area contributed by atoms with Gasteiger partial charge in [0, 0.05) is 6.54 Å². The van der Waals surface area contributed by atoms with E-state index < -0.39 is 29.4 Å². The second-order valence-electron chi connectivity index (χ2n) is 4.59. The molecular formula is C13H24N2O5. The van der Waals surface area contributed by atoms with E-state index in [4.69, 9.17) is 4.74 Å². The van der Waals surface area contributed by atoms with E-state index in [1.54, 1.807) is 20.8 Å². The van der Waals surface area contributed by atoms with Crippen LogP contribution in [0.2, 0.25) is 0 Å². The quantitative estimate of drug-likeness (QED) is 0.581. The van der Waals surface area contributed by atoms with Crippen LogP contribution >= 0.6 is 0 Å². The molecule has 0 radical (unpaired) electrons. The predicted molar refractivity (Wildman–Crippen MR) is 73.3 cm³/mol. The van der Waals surface area contributed by atoms with Crippen molar-refractivity contribution in [2.24, 2.45) is 5.41 Å². The van der Waals surface area contributed by atoms with Crippen molar-refractivity contribution in [1.82, 2.24) is 10.6 Å². The molecule has 3 N–H and O–H groups in total. The highest BCUT2D eigenvalue weighted by Gasteiger charge is 2.35. The van der Waals surface area contributed by atoms with Crippen LogP contribution in [-0.4, -0.2) is 42.3 Å². The van der Waals surface area contributed by atoms with Crippen LogP contribution in [0, 0.1) is 5.41 Å². The molecule has 0 saturated heterocycles. The lowest BCUT2D eigenvalue weighted by molar-refractivity contribution is -0.149. The number of nitrogens with one attached hydrogen (secondary N) is 2. The number of amides is 2. The van der Waals surface area contributed by atoms with E-state index >= 15 is 0 Å².